The van der Waals surface area contributed by atoms with Gasteiger partial charge in [0.2, 0.25) is 11.7 Å². The van der Waals surface area contributed by atoms with Gasteiger partial charge in [-0.3, -0.25) is 4.79 Å². The average Bonchev–Trinajstić information content (AvgIpc) is 3.25. The van der Waals surface area contributed by atoms with Gasteiger partial charge >= 0.3 is 0 Å². The number of nitriles is 1. The highest BCUT2D eigenvalue weighted by atomic mass is 16.5. The van der Waals surface area contributed by atoms with E-state index in [1.54, 1.807) is 18.2 Å². The molecule has 0 aliphatic rings. The maximum atomic E-state index is 12.8. The lowest BCUT2D eigenvalue weighted by Gasteiger charge is -2.02. The Labute approximate surface area is 149 Å². The highest BCUT2D eigenvalue weighted by Crippen LogP contribution is 2.27. The van der Waals surface area contributed by atoms with Crippen LogP contribution in [-0.4, -0.2) is 22.4 Å². The van der Waals surface area contributed by atoms with Crippen LogP contribution >= 0.6 is 0 Å². The first-order chi connectivity index (χ1) is 12.7. The second kappa shape index (κ2) is 6.37. The van der Waals surface area contributed by atoms with E-state index in [4.69, 9.17) is 9.15 Å². The van der Waals surface area contributed by atoms with E-state index in [1.165, 1.54) is 0 Å². The summed E-state index contributed by atoms with van der Waals surface area (Å²) in [6.07, 6.45) is 0. The molecule has 26 heavy (non-hydrogen) atoms. The van der Waals surface area contributed by atoms with Gasteiger partial charge in [-0.25, -0.2) is 4.98 Å². The highest BCUT2D eigenvalue weighted by molar-refractivity contribution is 6.04. The van der Waals surface area contributed by atoms with Crippen LogP contribution in [0.4, 0.5) is 0 Å². The number of aromatic nitrogens is 2. The predicted octanol–water partition coefficient (Wildman–Crippen LogP) is 4.20. The summed E-state index contributed by atoms with van der Waals surface area (Å²) in [6.45, 7) is 2.47. The summed E-state index contributed by atoms with van der Waals surface area (Å²) in [4.78, 5) is 20.2. The van der Waals surface area contributed by atoms with Crippen molar-refractivity contribution in [1.82, 2.24) is 9.97 Å². The quantitative estimate of drug-likeness (QED) is 0.547. The van der Waals surface area contributed by atoms with Gasteiger partial charge in [-0.1, -0.05) is 12.1 Å². The molecule has 4 aromatic rings. The Bertz CT molecular complexity index is 1120. The molecule has 0 bridgehead atoms. The number of benzene rings is 2. The van der Waals surface area contributed by atoms with Gasteiger partial charge < -0.3 is 14.1 Å². The van der Waals surface area contributed by atoms with Crippen LogP contribution in [0.2, 0.25) is 0 Å². The van der Waals surface area contributed by atoms with Crippen LogP contribution in [0.15, 0.2) is 52.9 Å². The Morgan fingerprint density at radius 2 is 2.15 bits per heavy atom. The average molecular weight is 345 g/mol. The fourth-order valence-electron chi connectivity index (χ4n) is 2.89. The summed E-state index contributed by atoms with van der Waals surface area (Å²) in [5.74, 6) is -0.668. The van der Waals surface area contributed by atoms with Crippen LogP contribution in [-0.2, 0) is 0 Å². The number of nitrogens with one attached hydrogen (secondary N) is 1. The standard InChI is InChI=1S/C20H15N3O3/c1-2-25-13-8-7-12-9-17(22-16(12)10-13)19(24)14(11-21)20-23-15-5-3-4-6-18(15)26-20/h3-10,14,22H,2H2,1H3/t14-/m1/s1. The molecule has 0 radical (unpaired) electrons. The number of carbonyl (C=O) groups excluding carboxylic acids is 1. The molecule has 0 unspecified atom stereocenters. The van der Waals surface area contributed by atoms with Crippen molar-refractivity contribution in [3.8, 4) is 11.8 Å². The molecule has 128 valence electrons. The van der Waals surface area contributed by atoms with Crippen LogP contribution in [0.3, 0.4) is 0 Å². The molecular weight excluding hydrogens is 330 g/mol. The molecule has 1 N–H and O–H groups in total. The van der Waals surface area contributed by atoms with E-state index in [-0.39, 0.29) is 11.7 Å². The predicted molar refractivity (Wildman–Crippen MR) is 96.2 cm³/mol. The lowest BCUT2D eigenvalue weighted by atomic mass is 10.0. The first-order valence-electron chi connectivity index (χ1n) is 8.24. The van der Waals surface area contributed by atoms with E-state index in [2.05, 4.69) is 9.97 Å². The van der Waals surface area contributed by atoms with Crippen molar-refractivity contribution in [2.24, 2.45) is 0 Å². The molecule has 4 rings (SSSR count). The maximum absolute atomic E-state index is 12.8. The minimum atomic E-state index is -1.11. The summed E-state index contributed by atoms with van der Waals surface area (Å²) in [5, 5.41) is 10.4. The molecule has 1 atom stereocenters. The zero-order valence-electron chi connectivity index (χ0n) is 14.0. The summed E-state index contributed by atoms with van der Waals surface area (Å²) in [7, 11) is 0. The number of para-hydroxylation sites is 2. The third-order valence-electron chi connectivity index (χ3n) is 4.12. The molecule has 0 aliphatic carbocycles. The van der Waals surface area contributed by atoms with Gasteiger partial charge in [-0.05, 0) is 37.3 Å². The second-order valence-electron chi connectivity index (χ2n) is 5.81. The van der Waals surface area contributed by atoms with Gasteiger partial charge in [0.25, 0.3) is 0 Å². The van der Waals surface area contributed by atoms with Crippen LogP contribution in [0, 0.1) is 11.3 Å². The number of carbonyl (C=O) groups is 1. The van der Waals surface area contributed by atoms with Crippen molar-refractivity contribution in [1.29, 1.82) is 5.26 Å². The number of rotatable bonds is 5. The van der Waals surface area contributed by atoms with Crippen molar-refractivity contribution in [2.45, 2.75) is 12.8 Å². The molecule has 2 aromatic heterocycles. The number of H-pyrrole nitrogens is 1. The lowest BCUT2D eigenvalue weighted by molar-refractivity contribution is 0.0966. The van der Waals surface area contributed by atoms with Gasteiger partial charge in [0, 0.05) is 17.0 Å². The topological polar surface area (TPSA) is 91.9 Å². The highest BCUT2D eigenvalue weighted by Gasteiger charge is 2.28. The number of aromatic amines is 1. The fraction of sp³-hybridized carbons (Fsp3) is 0.150. The van der Waals surface area contributed by atoms with Crippen LogP contribution in [0.25, 0.3) is 22.0 Å². The molecular formula is C20H15N3O3. The number of ketones is 1. The molecule has 2 heterocycles. The Morgan fingerprint density at radius 3 is 2.92 bits per heavy atom. The molecule has 0 saturated heterocycles. The Morgan fingerprint density at radius 1 is 1.31 bits per heavy atom. The number of fused-ring (bicyclic) bond motifs is 2. The van der Waals surface area contributed by atoms with Gasteiger partial charge in [0.15, 0.2) is 11.5 Å². The summed E-state index contributed by atoms with van der Waals surface area (Å²) >= 11 is 0. The largest absolute Gasteiger partial charge is 0.494 e. The Kier molecular flexibility index (Phi) is 3.90. The van der Waals surface area contributed by atoms with E-state index in [0.717, 1.165) is 16.7 Å². The summed E-state index contributed by atoms with van der Waals surface area (Å²) in [5.41, 5.74) is 2.28. The third-order valence-corrected chi connectivity index (χ3v) is 4.12. The molecule has 6 nitrogen and oxygen atoms in total. The molecule has 2 aromatic carbocycles. The SMILES string of the molecule is CCOc1ccc2cc(C(=O)[C@@H](C#N)c3nc4ccccc4o3)[nH]c2c1. The van der Waals surface area contributed by atoms with E-state index in [9.17, 15) is 10.1 Å². The number of hydrogen-bond donors (Lipinski definition) is 1. The zero-order chi connectivity index (χ0) is 18.1. The molecule has 0 fully saturated rings. The zero-order valence-corrected chi connectivity index (χ0v) is 14.0. The van der Waals surface area contributed by atoms with E-state index >= 15 is 0 Å². The maximum Gasteiger partial charge on any atom is 0.220 e. The van der Waals surface area contributed by atoms with Crippen molar-refractivity contribution in [3.05, 3.63) is 60.1 Å². The van der Waals surface area contributed by atoms with Crippen molar-refractivity contribution >= 4 is 27.8 Å². The monoisotopic (exact) mass is 345 g/mol. The third kappa shape index (κ3) is 2.70. The molecule has 0 saturated carbocycles. The number of hydrogen-bond acceptors (Lipinski definition) is 5. The summed E-state index contributed by atoms with van der Waals surface area (Å²) in [6, 6.07) is 16.4. The molecule has 6 heteroatoms. The van der Waals surface area contributed by atoms with Gasteiger partial charge in [0.05, 0.1) is 18.4 Å². The normalized spacial score (nSPS) is 12.2. The minimum Gasteiger partial charge on any atom is -0.494 e. The molecule has 0 aliphatic heterocycles. The van der Waals surface area contributed by atoms with Crippen molar-refractivity contribution < 1.29 is 13.9 Å². The molecule has 0 amide bonds. The van der Waals surface area contributed by atoms with Crippen LogP contribution in [0.1, 0.15) is 29.2 Å². The van der Waals surface area contributed by atoms with Crippen molar-refractivity contribution in [3.63, 3.8) is 0 Å². The van der Waals surface area contributed by atoms with Gasteiger partial charge in [-0.2, -0.15) is 5.26 Å². The fourth-order valence-corrected chi connectivity index (χ4v) is 2.89. The lowest BCUT2D eigenvalue weighted by Crippen LogP contribution is -2.12. The molecule has 0 spiro atoms. The van der Waals surface area contributed by atoms with E-state index in [1.807, 2.05) is 43.3 Å². The second-order valence-corrected chi connectivity index (χ2v) is 5.81. The summed E-state index contributed by atoms with van der Waals surface area (Å²) < 4.78 is 11.1. The minimum absolute atomic E-state index is 0.104. The van der Waals surface area contributed by atoms with Crippen molar-refractivity contribution in [2.75, 3.05) is 6.61 Å². The smallest absolute Gasteiger partial charge is 0.220 e. The number of ether oxygens (including phenoxy) is 1. The van der Waals surface area contributed by atoms with Gasteiger partial charge in [-0.15, -0.1) is 0 Å². The number of Topliss-reactive ketones (excluding diaryl/α,β-unsaturated/α-hetero) is 1. The van der Waals surface area contributed by atoms with E-state index < -0.39 is 5.92 Å². The van der Waals surface area contributed by atoms with Gasteiger partial charge in [0.1, 0.15) is 11.3 Å². The Balaban J connectivity index is 1.70. The number of oxazole rings is 1. The number of nitrogens with zero attached hydrogens (tertiary/aromatic N) is 2. The first kappa shape index (κ1) is 15.9. The first-order valence-corrected chi connectivity index (χ1v) is 8.24. The van der Waals surface area contributed by atoms with E-state index in [0.29, 0.717) is 23.4 Å². The van der Waals surface area contributed by atoms with Crippen LogP contribution < -0.4 is 4.74 Å². The van der Waals surface area contributed by atoms with Crippen LogP contribution in [0.5, 0.6) is 5.75 Å². The Hall–Kier alpha value is -3.59.